The lowest BCUT2D eigenvalue weighted by Gasteiger charge is -2.23. The van der Waals surface area contributed by atoms with Gasteiger partial charge in [0.05, 0.1) is 13.2 Å². The summed E-state index contributed by atoms with van der Waals surface area (Å²) in [4.78, 5) is 0. The highest BCUT2D eigenvalue weighted by atomic mass is 16.7. The molecule has 0 bridgehead atoms. The molecule has 1 aliphatic heterocycles. The van der Waals surface area contributed by atoms with E-state index in [1.807, 2.05) is 7.05 Å². The predicted octanol–water partition coefficient (Wildman–Crippen LogP) is 2.16. The van der Waals surface area contributed by atoms with Crippen LogP contribution in [0.1, 0.15) is 39.5 Å². The van der Waals surface area contributed by atoms with Gasteiger partial charge < -0.3 is 14.8 Å². The summed E-state index contributed by atoms with van der Waals surface area (Å²) in [6.07, 6.45) is 4.76. The van der Waals surface area contributed by atoms with E-state index in [1.165, 1.54) is 19.3 Å². The van der Waals surface area contributed by atoms with Gasteiger partial charge in [-0.25, -0.2) is 0 Å². The lowest BCUT2D eigenvalue weighted by Crippen LogP contribution is -2.32. The van der Waals surface area contributed by atoms with E-state index in [0.29, 0.717) is 6.04 Å². The van der Waals surface area contributed by atoms with Gasteiger partial charge in [0.2, 0.25) is 0 Å². The van der Waals surface area contributed by atoms with Crippen LogP contribution in [-0.2, 0) is 9.47 Å². The Bertz CT molecular complexity index is 150. The number of hydrogen-bond acceptors (Lipinski definition) is 3. The second kappa shape index (κ2) is 7.20. The van der Waals surface area contributed by atoms with Crippen LogP contribution in [0, 0.1) is 5.92 Å². The Labute approximate surface area is 93.5 Å². The molecule has 0 amide bonds. The van der Waals surface area contributed by atoms with Crippen LogP contribution in [-0.4, -0.2) is 32.6 Å². The van der Waals surface area contributed by atoms with Crippen molar-refractivity contribution in [2.45, 2.75) is 51.9 Å². The minimum Gasteiger partial charge on any atom is -0.350 e. The minimum absolute atomic E-state index is 0.0248. The summed E-state index contributed by atoms with van der Waals surface area (Å²) in [5.74, 6) is 0.823. The smallest absolute Gasteiger partial charge is 0.159 e. The van der Waals surface area contributed by atoms with E-state index < -0.39 is 0 Å². The monoisotopic (exact) mass is 215 g/mol. The Morgan fingerprint density at radius 1 is 1.20 bits per heavy atom. The molecule has 0 aromatic heterocycles. The van der Waals surface area contributed by atoms with Crippen molar-refractivity contribution in [3.05, 3.63) is 0 Å². The van der Waals surface area contributed by atoms with Crippen LogP contribution in [0.15, 0.2) is 0 Å². The van der Waals surface area contributed by atoms with Crippen molar-refractivity contribution in [3.8, 4) is 0 Å². The maximum Gasteiger partial charge on any atom is 0.159 e. The van der Waals surface area contributed by atoms with Crippen LogP contribution >= 0.6 is 0 Å². The van der Waals surface area contributed by atoms with Crippen molar-refractivity contribution >= 4 is 0 Å². The zero-order valence-corrected chi connectivity index (χ0v) is 10.3. The van der Waals surface area contributed by atoms with Crippen LogP contribution in [0.25, 0.3) is 0 Å². The van der Waals surface area contributed by atoms with Gasteiger partial charge in [0.1, 0.15) is 0 Å². The van der Waals surface area contributed by atoms with Gasteiger partial charge >= 0.3 is 0 Å². The van der Waals surface area contributed by atoms with Crippen molar-refractivity contribution in [3.63, 3.8) is 0 Å². The Balaban J connectivity index is 2.27. The fourth-order valence-corrected chi connectivity index (χ4v) is 2.13. The topological polar surface area (TPSA) is 30.5 Å². The Morgan fingerprint density at radius 2 is 1.80 bits per heavy atom. The molecular weight excluding hydrogens is 190 g/mol. The lowest BCUT2D eigenvalue weighted by molar-refractivity contribution is -0.0536. The summed E-state index contributed by atoms with van der Waals surface area (Å²) in [5.41, 5.74) is 0. The molecular formula is C12H25NO2. The van der Waals surface area contributed by atoms with E-state index >= 15 is 0 Å². The molecule has 3 heteroatoms. The summed E-state index contributed by atoms with van der Waals surface area (Å²) in [5, 5.41) is 3.37. The SMILES string of the molecule is CCC(CC)CC(CC1OCCO1)NC. The van der Waals surface area contributed by atoms with Crippen molar-refractivity contribution in [2.75, 3.05) is 20.3 Å². The number of nitrogens with one attached hydrogen (secondary N) is 1. The molecule has 0 aromatic carbocycles. The molecule has 1 rings (SSSR count). The zero-order chi connectivity index (χ0) is 11.1. The average molecular weight is 215 g/mol. The van der Waals surface area contributed by atoms with E-state index in [1.54, 1.807) is 0 Å². The van der Waals surface area contributed by atoms with E-state index in [-0.39, 0.29) is 6.29 Å². The fourth-order valence-electron chi connectivity index (χ4n) is 2.13. The Hall–Kier alpha value is -0.120. The van der Waals surface area contributed by atoms with Gasteiger partial charge in [0.15, 0.2) is 6.29 Å². The molecule has 1 N–H and O–H groups in total. The highest BCUT2D eigenvalue weighted by Gasteiger charge is 2.21. The molecule has 0 aliphatic carbocycles. The average Bonchev–Trinajstić information content (AvgIpc) is 2.76. The second-order valence-corrected chi connectivity index (χ2v) is 4.31. The molecule has 1 aliphatic rings. The summed E-state index contributed by atoms with van der Waals surface area (Å²) < 4.78 is 10.9. The van der Waals surface area contributed by atoms with E-state index in [2.05, 4.69) is 19.2 Å². The number of rotatable bonds is 7. The first kappa shape index (κ1) is 12.9. The molecule has 1 fully saturated rings. The summed E-state index contributed by atoms with van der Waals surface area (Å²) in [6.45, 7) is 6.05. The van der Waals surface area contributed by atoms with Crippen molar-refractivity contribution in [1.29, 1.82) is 0 Å². The van der Waals surface area contributed by atoms with Gasteiger partial charge in [-0.1, -0.05) is 26.7 Å². The van der Waals surface area contributed by atoms with Crippen LogP contribution in [0.5, 0.6) is 0 Å². The third-order valence-electron chi connectivity index (χ3n) is 3.35. The maximum absolute atomic E-state index is 5.47. The number of hydrogen-bond donors (Lipinski definition) is 1. The van der Waals surface area contributed by atoms with E-state index in [0.717, 1.165) is 25.6 Å². The Morgan fingerprint density at radius 3 is 2.27 bits per heavy atom. The number of ether oxygens (including phenoxy) is 2. The zero-order valence-electron chi connectivity index (χ0n) is 10.3. The third kappa shape index (κ3) is 4.49. The molecule has 0 spiro atoms. The van der Waals surface area contributed by atoms with Crippen LogP contribution in [0.3, 0.4) is 0 Å². The molecule has 90 valence electrons. The molecule has 0 radical (unpaired) electrons. The molecule has 15 heavy (non-hydrogen) atoms. The van der Waals surface area contributed by atoms with E-state index in [4.69, 9.17) is 9.47 Å². The molecule has 1 atom stereocenters. The lowest BCUT2D eigenvalue weighted by atomic mass is 9.93. The first-order chi connectivity index (χ1) is 7.30. The first-order valence-corrected chi connectivity index (χ1v) is 6.20. The second-order valence-electron chi connectivity index (χ2n) is 4.31. The van der Waals surface area contributed by atoms with Gasteiger partial charge in [-0.3, -0.25) is 0 Å². The standard InChI is InChI=1S/C12H25NO2/c1-4-10(5-2)8-11(13-3)9-12-14-6-7-15-12/h10-13H,4-9H2,1-3H3. The van der Waals surface area contributed by atoms with Crippen molar-refractivity contribution in [1.82, 2.24) is 5.32 Å². The van der Waals surface area contributed by atoms with E-state index in [9.17, 15) is 0 Å². The van der Waals surface area contributed by atoms with Gasteiger partial charge in [-0.2, -0.15) is 0 Å². The van der Waals surface area contributed by atoms with Gasteiger partial charge in [-0.05, 0) is 19.4 Å². The summed E-state index contributed by atoms with van der Waals surface area (Å²) in [6, 6.07) is 0.526. The highest BCUT2D eigenvalue weighted by molar-refractivity contribution is 4.72. The van der Waals surface area contributed by atoms with Gasteiger partial charge in [0, 0.05) is 12.5 Å². The highest BCUT2D eigenvalue weighted by Crippen LogP contribution is 2.19. The van der Waals surface area contributed by atoms with Gasteiger partial charge in [-0.15, -0.1) is 0 Å². The summed E-state index contributed by atoms with van der Waals surface area (Å²) >= 11 is 0. The van der Waals surface area contributed by atoms with Crippen LogP contribution in [0.4, 0.5) is 0 Å². The largest absolute Gasteiger partial charge is 0.350 e. The first-order valence-electron chi connectivity index (χ1n) is 6.20. The van der Waals surface area contributed by atoms with Gasteiger partial charge in [0.25, 0.3) is 0 Å². The molecule has 1 saturated heterocycles. The Kier molecular flexibility index (Phi) is 6.22. The van der Waals surface area contributed by atoms with Crippen molar-refractivity contribution < 1.29 is 9.47 Å². The fraction of sp³-hybridized carbons (Fsp3) is 1.00. The van der Waals surface area contributed by atoms with Crippen molar-refractivity contribution in [2.24, 2.45) is 5.92 Å². The molecule has 1 unspecified atom stereocenters. The minimum atomic E-state index is 0.0248. The van der Waals surface area contributed by atoms with Crippen LogP contribution in [0.2, 0.25) is 0 Å². The summed E-state index contributed by atoms with van der Waals surface area (Å²) in [7, 11) is 2.03. The predicted molar refractivity (Wildman–Crippen MR) is 61.8 cm³/mol. The maximum atomic E-state index is 5.47. The van der Waals surface area contributed by atoms with Crippen LogP contribution < -0.4 is 5.32 Å². The quantitative estimate of drug-likeness (QED) is 0.706. The molecule has 0 saturated carbocycles. The molecule has 3 nitrogen and oxygen atoms in total. The molecule has 0 aromatic rings. The normalized spacial score (nSPS) is 20.0. The molecule has 1 heterocycles. The third-order valence-corrected chi connectivity index (χ3v) is 3.35.